The number of aliphatic hydroxyl groups excluding tert-OH is 1. The molecule has 18 heavy (non-hydrogen) atoms. The second-order valence-electron chi connectivity index (χ2n) is 5.04. The highest BCUT2D eigenvalue weighted by Gasteiger charge is 2.28. The van der Waals surface area contributed by atoms with E-state index in [9.17, 15) is 5.11 Å². The summed E-state index contributed by atoms with van der Waals surface area (Å²) in [4.78, 5) is 0. The summed E-state index contributed by atoms with van der Waals surface area (Å²) >= 11 is 3.46. The number of halogens is 1. The van der Waals surface area contributed by atoms with E-state index < -0.39 is 0 Å². The molecule has 1 aromatic carbocycles. The number of nitrogens with one attached hydrogen (secondary N) is 1. The largest absolute Gasteiger partial charge is 0.459 e. The molecule has 1 aliphatic rings. The lowest BCUT2D eigenvalue weighted by Crippen LogP contribution is -2.44. The van der Waals surface area contributed by atoms with Crippen LogP contribution in [-0.2, 0) is 0 Å². The van der Waals surface area contributed by atoms with Gasteiger partial charge in [0.05, 0.1) is 12.1 Å². The lowest BCUT2D eigenvalue weighted by Gasteiger charge is -2.34. The van der Waals surface area contributed by atoms with Gasteiger partial charge in [0, 0.05) is 15.9 Å². The van der Waals surface area contributed by atoms with E-state index in [4.69, 9.17) is 4.42 Å². The highest BCUT2D eigenvalue weighted by atomic mass is 79.9. The third kappa shape index (κ3) is 2.32. The number of rotatable bonds is 3. The molecule has 96 valence electrons. The van der Waals surface area contributed by atoms with Crippen molar-refractivity contribution in [3.63, 3.8) is 0 Å². The van der Waals surface area contributed by atoms with Crippen LogP contribution in [0.25, 0.3) is 11.0 Å². The second-order valence-corrected chi connectivity index (χ2v) is 5.96. The van der Waals surface area contributed by atoms with Crippen molar-refractivity contribution >= 4 is 26.9 Å². The summed E-state index contributed by atoms with van der Waals surface area (Å²) < 4.78 is 6.90. The average molecular weight is 310 g/mol. The molecule has 3 nitrogen and oxygen atoms in total. The van der Waals surface area contributed by atoms with Crippen molar-refractivity contribution in [2.24, 2.45) is 0 Å². The van der Waals surface area contributed by atoms with Crippen molar-refractivity contribution in [1.29, 1.82) is 0 Å². The van der Waals surface area contributed by atoms with Crippen LogP contribution in [0, 0.1) is 0 Å². The second kappa shape index (κ2) is 4.68. The van der Waals surface area contributed by atoms with E-state index in [-0.39, 0.29) is 12.1 Å². The first-order valence-corrected chi connectivity index (χ1v) is 7.04. The van der Waals surface area contributed by atoms with E-state index in [1.807, 2.05) is 12.1 Å². The van der Waals surface area contributed by atoms with Gasteiger partial charge in [-0.25, -0.2) is 0 Å². The number of hydrogen-bond donors (Lipinski definition) is 2. The molecule has 0 radical (unpaired) electrons. The molecule has 0 amide bonds. The standard InChI is InChI=1S/C14H16BrNO2/c1-8(16-11-6-12(17)7-11)14-5-9-4-10(15)2-3-13(9)18-14/h2-5,8,11-12,16-17H,6-7H2,1H3. The first kappa shape index (κ1) is 12.2. The van der Waals surface area contributed by atoms with Gasteiger partial charge in [-0.15, -0.1) is 0 Å². The van der Waals surface area contributed by atoms with Crippen molar-refractivity contribution in [3.05, 3.63) is 34.5 Å². The third-order valence-corrected chi connectivity index (χ3v) is 4.02. The number of fused-ring (bicyclic) bond motifs is 1. The van der Waals surface area contributed by atoms with Crippen molar-refractivity contribution in [2.45, 2.75) is 38.0 Å². The molecule has 2 aromatic rings. The summed E-state index contributed by atoms with van der Waals surface area (Å²) in [5.74, 6) is 0.949. The van der Waals surface area contributed by atoms with E-state index in [1.165, 1.54) is 0 Å². The van der Waals surface area contributed by atoms with Gasteiger partial charge in [0.25, 0.3) is 0 Å². The zero-order valence-corrected chi connectivity index (χ0v) is 11.8. The van der Waals surface area contributed by atoms with Gasteiger partial charge < -0.3 is 14.8 Å². The van der Waals surface area contributed by atoms with Crippen LogP contribution in [0.3, 0.4) is 0 Å². The minimum absolute atomic E-state index is 0.124. The van der Waals surface area contributed by atoms with Crippen LogP contribution in [0.5, 0.6) is 0 Å². The van der Waals surface area contributed by atoms with Crippen LogP contribution in [-0.4, -0.2) is 17.3 Å². The molecule has 1 heterocycles. The number of hydrogen-bond acceptors (Lipinski definition) is 3. The van der Waals surface area contributed by atoms with Gasteiger partial charge in [0.1, 0.15) is 11.3 Å². The fourth-order valence-corrected chi connectivity index (χ4v) is 2.79. The SMILES string of the molecule is CC(NC1CC(O)C1)c1cc2cc(Br)ccc2o1. The Morgan fingerprint density at radius 2 is 2.17 bits per heavy atom. The summed E-state index contributed by atoms with van der Waals surface area (Å²) in [6.45, 7) is 2.09. The predicted octanol–water partition coefficient (Wildman–Crippen LogP) is 3.37. The molecule has 2 N–H and O–H groups in total. The van der Waals surface area contributed by atoms with E-state index in [0.717, 1.165) is 34.0 Å². The molecular weight excluding hydrogens is 294 g/mol. The molecule has 1 saturated carbocycles. The average Bonchev–Trinajstić information content (AvgIpc) is 2.69. The molecule has 1 fully saturated rings. The van der Waals surface area contributed by atoms with Crippen LogP contribution in [0.4, 0.5) is 0 Å². The summed E-state index contributed by atoms with van der Waals surface area (Å²) in [5.41, 5.74) is 0.912. The van der Waals surface area contributed by atoms with Crippen molar-refractivity contribution < 1.29 is 9.52 Å². The Morgan fingerprint density at radius 1 is 1.39 bits per heavy atom. The third-order valence-electron chi connectivity index (χ3n) is 3.52. The molecule has 4 heteroatoms. The van der Waals surface area contributed by atoms with E-state index >= 15 is 0 Å². The lowest BCUT2D eigenvalue weighted by molar-refractivity contribution is 0.0575. The molecule has 0 saturated heterocycles. The molecule has 3 rings (SSSR count). The van der Waals surface area contributed by atoms with Crippen molar-refractivity contribution in [1.82, 2.24) is 5.32 Å². The Bertz CT molecular complexity index is 560. The summed E-state index contributed by atoms with van der Waals surface area (Å²) in [6, 6.07) is 8.68. The Labute approximate surface area is 114 Å². The van der Waals surface area contributed by atoms with Gasteiger partial charge in [0.15, 0.2) is 0 Å². The van der Waals surface area contributed by atoms with Crippen LogP contribution < -0.4 is 5.32 Å². The van der Waals surface area contributed by atoms with Crippen molar-refractivity contribution in [3.8, 4) is 0 Å². The fraction of sp³-hybridized carbons (Fsp3) is 0.429. The van der Waals surface area contributed by atoms with E-state index in [0.29, 0.717) is 6.04 Å². The van der Waals surface area contributed by atoms with E-state index in [2.05, 4.69) is 40.3 Å². The summed E-state index contributed by atoms with van der Waals surface area (Å²) in [7, 11) is 0. The molecular formula is C14H16BrNO2. The quantitative estimate of drug-likeness (QED) is 0.913. The highest BCUT2D eigenvalue weighted by Crippen LogP contribution is 2.28. The van der Waals surface area contributed by atoms with Gasteiger partial charge in [-0.3, -0.25) is 0 Å². The lowest BCUT2D eigenvalue weighted by atomic mass is 9.89. The molecule has 1 aromatic heterocycles. The van der Waals surface area contributed by atoms with Crippen LogP contribution in [0.15, 0.2) is 33.2 Å². The monoisotopic (exact) mass is 309 g/mol. The maximum Gasteiger partial charge on any atom is 0.134 e. The van der Waals surface area contributed by atoms with Gasteiger partial charge in [-0.2, -0.15) is 0 Å². The molecule has 1 atom stereocenters. The van der Waals surface area contributed by atoms with Crippen LogP contribution >= 0.6 is 15.9 Å². The molecule has 0 aliphatic heterocycles. The molecule has 1 unspecified atom stereocenters. The Balaban J connectivity index is 1.76. The predicted molar refractivity (Wildman–Crippen MR) is 74.5 cm³/mol. The van der Waals surface area contributed by atoms with Crippen LogP contribution in [0.1, 0.15) is 31.6 Å². The van der Waals surface area contributed by atoms with Gasteiger partial charge in [0.2, 0.25) is 0 Å². The maximum atomic E-state index is 9.28. The summed E-state index contributed by atoms with van der Waals surface area (Å²) in [5, 5.41) is 13.9. The Morgan fingerprint density at radius 3 is 2.89 bits per heavy atom. The molecule has 0 spiro atoms. The Hall–Kier alpha value is -0.840. The number of aliphatic hydroxyl groups is 1. The Kier molecular flexibility index (Phi) is 3.18. The summed E-state index contributed by atoms with van der Waals surface area (Å²) in [6.07, 6.45) is 1.56. The van der Waals surface area contributed by atoms with E-state index in [1.54, 1.807) is 0 Å². The first-order valence-electron chi connectivity index (χ1n) is 6.25. The smallest absolute Gasteiger partial charge is 0.134 e. The zero-order chi connectivity index (χ0) is 12.7. The minimum atomic E-state index is -0.124. The normalized spacial score (nSPS) is 25.1. The number of benzene rings is 1. The number of furan rings is 1. The zero-order valence-electron chi connectivity index (χ0n) is 10.2. The van der Waals surface area contributed by atoms with Crippen molar-refractivity contribution in [2.75, 3.05) is 0 Å². The maximum absolute atomic E-state index is 9.28. The van der Waals surface area contributed by atoms with Crippen LogP contribution in [0.2, 0.25) is 0 Å². The molecule has 0 bridgehead atoms. The van der Waals surface area contributed by atoms with Gasteiger partial charge in [-0.1, -0.05) is 15.9 Å². The fourth-order valence-electron chi connectivity index (χ4n) is 2.41. The van der Waals surface area contributed by atoms with Gasteiger partial charge >= 0.3 is 0 Å². The minimum Gasteiger partial charge on any atom is -0.459 e. The first-order chi connectivity index (χ1) is 8.61. The van der Waals surface area contributed by atoms with Gasteiger partial charge in [-0.05, 0) is 44.0 Å². The topological polar surface area (TPSA) is 45.4 Å². The highest BCUT2D eigenvalue weighted by molar-refractivity contribution is 9.10. The molecule has 1 aliphatic carbocycles.